The third kappa shape index (κ3) is 6.22. The Morgan fingerprint density at radius 3 is 2.43 bits per heavy atom. The van der Waals surface area contributed by atoms with Crippen LogP contribution in [0.3, 0.4) is 0 Å². The van der Waals surface area contributed by atoms with Crippen LogP contribution in [0.25, 0.3) is 0 Å². The zero-order chi connectivity index (χ0) is 11.1. The van der Waals surface area contributed by atoms with Gasteiger partial charge in [-0.15, -0.1) is 0 Å². The lowest BCUT2D eigenvalue weighted by atomic mass is 10.3. The van der Waals surface area contributed by atoms with E-state index >= 15 is 0 Å². The van der Waals surface area contributed by atoms with Crippen LogP contribution in [0.15, 0.2) is 12.2 Å². The van der Waals surface area contributed by atoms with Gasteiger partial charge in [-0.25, -0.2) is 0 Å². The van der Waals surface area contributed by atoms with Crippen LogP contribution in [0.2, 0.25) is 0 Å². The molecule has 14 heavy (non-hydrogen) atoms. The highest BCUT2D eigenvalue weighted by molar-refractivity contribution is 5.87. The summed E-state index contributed by atoms with van der Waals surface area (Å²) in [6.45, 7) is 5.74. The summed E-state index contributed by atoms with van der Waals surface area (Å²) in [4.78, 5) is 23.4. The maximum atomic E-state index is 11.1. The molecule has 0 unspecified atom stereocenters. The molecular formula is C10H18N2O2. The third-order valence-electron chi connectivity index (χ3n) is 1.62. The molecule has 0 rings (SSSR count). The summed E-state index contributed by atoms with van der Waals surface area (Å²) in [7, 11) is 1.69. The minimum absolute atomic E-state index is 0.0149. The van der Waals surface area contributed by atoms with Crippen molar-refractivity contribution in [2.45, 2.75) is 26.8 Å². The molecule has 0 bridgehead atoms. The van der Waals surface area contributed by atoms with Gasteiger partial charge in [-0.3, -0.25) is 9.59 Å². The molecule has 4 heteroatoms. The molecule has 0 aliphatic heterocycles. The van der Waals surface area contributed by atoms with Gasteiger partial charge in [-0.1, -0.05) is 6.08 Å². The molecule has 4 nitrogen and oxygen atoms in total. The lowest BCUT2D eigenvalue weighted by molar-refractivity contribution is -0.127. The zero-order valence-corrected chi connectivity index (χ0v) is 9.20. The number of rotatable bonds is 4. The van der Waals surface area contributed by atoms with Crippen LogP contribution in [0.4, 0.5) is 0 Å². The molecule has 0 saturated carbocycles. The van der Waals surface area contributed by atoms with Crippen molar-refractivity contribution < 1.29 is 9.59 Å². The summed E-state index contributed by atoms with van der Waals surface area (Å²) >= 11 is 0. The Hall–Kier alpha value is -1.32. The smallest absolute Gasteiger partial charge is 0.243 e. The molecule has 0 atom stereocenters. The van der Waals surface area contributed by atoms with Gasteiger partial charge in [0.05, 0.1) is 0 Å². The Bertz CT molecular complexity index is 234. The molecule has 0 aromatic carbocycles. The quantitative estimate of drug-likeness (QED) is 0.670. The monoisotopic (exact) mass is 198 g/mol. The number of nitrogens with one attached hydrogen (secondary N) is 1. The van der Waals surface area contributed by atoms with E-state index in [4.69, 9.17) is 0 Å². The van der Waals surface area contributed by atoms with Crippen LogP contribution in [0.1, 0.15) is 20.8 Å². The second-order valence-corrected chi connectivity index (χ2v) is 3.47. The van der Waals surface area contributed by atoms with E-state index in [1.165, 1.54) is 17.9 Å². The van der Waals surface area contributed by atoms with Crippen LogP contribution < -0.4 is 5.32 Å². The van der Waals surface area contributed by atoms with Crippen molar-refractivity contribution >= 4 is 11.8 Å². The van der Waals surface area contributed by atoms with Crippen molar-refractivity contribution in [2.75, 3.05) is 13.6 Å². The van der Waals surface area contributed by atoms with Crippen molar-refractivity contribution in [1.29, 1.82) is 0 Å². The molecule has 0 spiro atoms. The van der Waals surface area contributed by atoms with Crippen molar-refractivity contribution in [3.05, 3.63) is 12.2 Å². The van der Waals surface area contributed by atoms with Gasteiger partial charge in [0.15, 0.2) is 0 Å². The number of carbonyl (C=O) groups is 2. The summed E-state index contributed by atoms with van der Waals surface area (Å²) in [6.07, 6.45) is 3.11. The first-order valence-corrected chi connectivity index (χ1v) is 4.62. The van der Waals surface area contributed by atoms with Gasteiger partial charge in [-0.05, 0) is 13.8 Å². The lowest BCUT2D eigenvalue weighted by Gasteiger charge is -2.11. The molecule has 0 aromatic heterocycles. The molecule has 0 aliphatic rings. The van der Waals surface area contributed by atoms with Crippen LogP contribution in [-0.4, -0.2) is 36.3 Å². The molecule has 1 N–H and O–H groups in total. The van der Waals surface area contributed by atoms with E-state index in [2.05, 4.69) is 5.32 Å². The zero-order valence-electron chi connectivity index (χ0n) is 9.20. The molecule has 0 fully saturated rings. The number of carbonyl (C=O) groups excluding carboxylic acids is 2. The molecular weight excluding hydrogens is 180 g/mol. The fourth-order valence-electron chi connectivity index (χ4n) is 0.779. The van der Waals surface area contributed by atoms with E-state index in [9.17, 15) is 9.59 Å². The predicted octanol–water partition coefficient (Wildman–Crippen LogP) is 0.545. The van der Waals surface area contributed by atoms with Gasteiger partial charge in [0.2, 0.25) is 11.8 Å². The highest BCUT2D eigenvalue weighted by atomic mass is 16.2. The third-order valence-corrected chi connectivity index (χ3v) is 1.62. The normalized spacial score (nSPS) is 10.6. The maximum Gasteiger partial charge on any atom is 0.243 e. The minimum atomic E-state index is -0.128. The van der Waals surface area contributed by atoms with E-state index in [1.807, 2.05) is 13.8 Å². The van der Waals surface area contributed by atoms with Crippen LogP contribution in [0, 0.1) is 0 Å². The number of amides is 2. The van der Waals surface area contributed by atoms with Crippen molar-refractivity contribution in [3.63, 3.8) is 0 Å². The van der Waals surface area contributed by atoms with Gasteiger partial charge in [0.25, 0.3) is 0 Å². The van der Waals surface area contributed by atoms with Crippen LogP contribution in [0.5, 0.6) is 0 Å². The van der Waals surface area contributed by atoms with Gasteiger partial charge in [0.1, 0.15) is 0 Å². The molecule has 80 valence electrons. The number of likely N-dealkylation sites (N-methyl/N-ethyl adjacent to an activating group) is 1. The Morgan fingerprint density at radius 1 is 1.43 bits per heavy atom. The van der Waals surface area contributed by atoms with Crippen LogP contribution in [-0.2, 0) is 9.59 Å². The Morgan fingerprint density at radius 2 is 2.00 bits per heavy atom. The number of nitrogens with zero attached hydrogens (tertiary/aromatic N) is 1. The second kappa shape index (κ2) is 6.18. The van der Waals surface area contributed by atoms with Crippen molar-refractivity contribution in [2.24, 2.45) is 0 Å². The summed E-state index contributed by atoms with van der Waals surface area (Å²) in [5.41, 5.74) is 0. The number of hydrogen-bond acceptors (Lipinski definition) is 2. The minimum Gasteiger partial charge on any atom is -0.350 e. The first-order chi connectivity index (χ1) is 6.43. The highest BCUT2D eigenvalue weighted by Crippen LogP contribution is 1.85. The lowest BCUT2D eigenvalue weighted by Crippen LogP contribution is -2.29. The fraction of sp³-hybridized carbons (Fsp3) is 0.600. The van der Waals surface area contributed by atoms with E-state index in [0.29, 0.717) is 6.54 Å². The van der Waals surface area contributed by atoms with Gasteiger partial charge >= 0.3 is 0 Å². The van der Waals surface area contributed by atoms with E-state index in [0.717, 1.165) is 0 Å². The summed E-state index contributed by atoms with van der Waals surface area (Å²) in [5, 5.41) is 2.72. The van der Waals surface area contributed by atoms with E-state index in [1.54, 1.807) is 13.1 Å². The summed E-state index contributed by atoms with van der Waals surface area (Å²) < 4.78 is 0. The first kappa shape index (κ1) is 12.7. The van der Waals surface area contributed by atoms with Gasteiger partial charge in [-0.2, -0.15) is 0 Å². The van der Waals surface area contributed by atoms with Gasteiger partial charge < -0.3 is 10.2 Å². The summed E-state index contributed by atoms with van der Waals surface area (Å²) in [5.74, 6) is -0.143. The van der Waals surface area contributed by atoms with Crippen molar-refractivity contribution in [3.8, 4) is 0 Å². The first-order valence-electron chi connectivity index (χ1n) is 4.62. The van der Waals surface area contributed by atoms with Crippen molar-refractivity contribution in [1.82, 2.24) is 10.2 Å². The predicted molar refractivity (Wildman–Crippen MR) is 55.7 cm³/mol. The second-order valence-electron chi connectivity index (χ2n) is 3.47. The van der Waals surface area contributed by atoms with Crippen LogP contribution >= 0.6 is 0 Å². The molecule has 0 aliphatic carbocycles. The summed E-state index contributed by atoms with van der Waals surface area (Å²) in [6, 6.07) is 0.137. The molecule has 0 saturated heterocycles. The number of hydrogen-bond donors (Lipinski definition) is 1. The highest BCUT2D eigenvalue weighted by Gasteiger charge is 1.99. The molecule has 0 heterocycles. The Labute approximate surface area is 85.0 Å². The standard InChI is InChI=1S/C10H18N2O2/c1-8(2)11-10(14)6-5-7-12(4)9(3)13/h5-6,8H,7H2,1-4H3,(H,11,14)/b6-5+. The average Bonchev–Trinajstić information content (AvgIpc) is 2.02. The van der Waals surface area contributed by atoms with E-state index < -0.39 is 0 Å². The molecule has 0 aromatic rings. The molecule has 2 amide bonds. The van der Waals surface area contributed by atoms with E-state index in [-0.39, 0.29) is 17.9 Å². The average molecular weight is 198 g/mol. The molecule has 0 radical (unpaired) electrons. The Balaban J connectivity index is 3.83. The largest absolute Gasteiger partial charge is 0.350 e. The Kier molecular flexibility index (Phi) is 5.60. The van der Waals surface area contributed by atoms with Gasteiger partial charge in [0, 0.05) is 32.6 Å². The topological polar surface area (TPSA) is 49.4 Å². The fourth-order valence-corrected chi connectivity index (χ4v) is 0.779. The maximum absolute atomic E-state index is 11.1. The SMILES string of the molecule is CC(=O)N(C)C/C=C/C(=O)NC(C)C.